The Morgan fingerprint density at radius 1 is 0.483 bits per heavy atom. The molecular formula is C17H28O12. The van der Waals surface area contributed by atoms with Gasteiger partial charge in [0.2, 0.25) is 0 Å². The molecule has 0 N–H and O–H groups in total. The van der Waals surface area contributed by atoms with E-state index >= 15 is 0 Å². The van der Waals surface area contributed by atoms with E-state index in [0.717, 1.165) is 0 Å². The van der Waals surface area contributed by atoms with Crippen molar-refractivity contribution in [3.8, 4) is 0 Å². The van der Waals surface area contributed by atoms with Gasteiger partial charge in [-0.25, -0.2) is 0 Å². The SMILES string of the molecule is CCCOC(=O)[O-].CCCOC(=O)[O-].CCCOC(=O)[O-].CCCOC(=O)[O-].[C+4]. The first-order chi connectivity index (χ1) is 13.1. The molecule has 12 nitrogen and oxygen atoms in total. The third-order valence-corrected chi connectivity index (χ3v) is 1.70. The second-order valence-corrected chi connectivity index (χ2v) is 4.39. The van der Waals surface area contributed by atoms with E-state index in [-0.39, 0.29) is 33.9 Å². The van der Waals surface area contributed by atoms with Crippen LogP contribution in [0.5, 0.6) is 0 Å². The van der Waals surface area contributed by atoms with E-state index in [0.29, 0.717) is 25.7 Å². The van der Waals surface area contributed by atoms with Gasteiger partial charge in [0.25, 0.3) is 24.6 Å². The molecule has 0 saturated carbocycles. The fraction of sp³-hybridized carbons (Fsp3) is 0.706. The van der Waals surface area contributed by atoms with Gasteiger partial charge in [0.05, 0.1) is 0 Å². The third kappa shape index (κ3) is 78.1. The van der Waals surface area contributed by atoms with E-state index in [1.54, 1.807) is 0 Å². The first-order valence-corrected chi connectivity index (χ1v) is 8.43. The molecule has 0 spiro atoms. The van der Waals surface area contributed by atoms with Crippen molar-refractivity contribution in [2.24, 2.45) is 0 Å². The van der Waals surface area contributed by atoms with E-state index in [9.17, 15) is 39.6 Å². The molecule has 12 heteroatoms. The molecule has 0 radical (unpaired) electrons. The number of carboxylic acid groups (broad SMARTS) is 4. The van der Waals surface area contributed by atoms with Gasteiger partial charge in [0, 0.05) is 26.4 Å². The molecule has 0 aromatic heterocycles. The molecule has 0 aromatic carbocycles. The van der Waals surface area contributed by atoms with Crippen molar-refractivity contribution in [1.82, 2.24) is 0 Å². The molecule has 0 saturated heterocycles. The zero-order valence-corrected chi connectivity index (χ0v) is 17.1. The van der Waals surface area contributed by atoms with Gasteiger partial charge < -0.3 is 58.6 Å². The van der Waals surface area contributed by atoms with Gasteiger partial charge in [-0.15, -0.1) is 0 Å². The Balaban J connectivity index is -0.0000000873. The summed E-state index contributed by atoms with van der Waals surface area (Å²) in [6.07, 6.45) is -2.96. The summed E-state index contributed by atoms with van der Waals surface area (Å²) in [5.74, 6) is 0. The Bertz CT molecular complexity index is 313. The number of ether oxygens (including phenoxy) is 4. The minimum absolute atomic E-state index is 0. The van der Waals surface area contributed by atoms with Gasteiger partial charge in [-0.1, -0.05) is 27.7 Å². The van der Waals surface area contributed by atoms with Crippen LogP contribution in [0.4, 0.5) is 19.2 Å². The number of rotatable bonds is 8. The topological polar surface area (TPSA) is 197 Å². The summed E-state index contributed by atoms with van der Waals surface area (Å²) in [7, 11) is 0. The molecule has 168 valence electrons. The van der Waals surface area contributed by atoms with Crippen LogP contribution in [0.15, 0.2) is 0 Å². The van der Waals surface area contributed by atoms with Crippen molar-refractivity contribution in [1.29, 1.82) is 0 Å². The summed E-state index contributed by atoms with van der Waals surface area (Å²) in [4.78, 5) is 37.7. The average molecular weight is 424 g/mol. The van der Waals surface area contributed by atoms with Gasteiger partial charge >= 0.3 is 7.43 Å². The second kappa shape index (κ2) is 32.7. The number of hydrogen-bond donors (Lipinski definition) is 0. The fourth-order valence-corrected chi connectivity index (χ4v) is 0.742. The number of carbonyl (C=O) groups excluding carboxylic acids is 4. The summed E-state index contributed by atoms with van der Waals surface area (Å²) in [6.45, 7) is 8.24. The van der Waals surface area contributed by atoms with Crippen molar-refractivity contribution in [2.75, 3.05) is 26.4 Å². The third-order valence-electron chi connectivity index (χ3n) is 1.70. The van der Waals surface area contributed by atoms with E-state index in [2.05, 4.69) is 18.9 Å². The van der Waals surface area contributed by atoms with Crippen LogP contribution in [0.25, 0.3) is 0 Å². The molecule has 0 rings (SSSR count). The van der Waals surface area contributed by atoms with Crippen LogP contribution in [0.2, 0.25) is 0 Å². The fourth-order valence-electron chi connectivity index (χ4n) is 0.742. The van der Waals surface area contributed by atoms with Crippen molar-refractivity contribution >= 4 is 24.6 Å². The van der Waals surface area contributed by atoms with Crippen molar-refractivity contribution in [3.63, 3.8) is 0 Å². The number of hydrogen-bond acceptors (Lipinski definition) is 12. The predicted octanol–water partition coefficient (Wildman–Crippen LogP) is -0.894. The quantitative estimate of drug-likeness (QED) is 0.344. The van der Waals surface area contributed by atoms with Crippen LogP contribution in [0, 0.1) is 7.43 Å². The molecule has 0 aliphatic heterocycles. The minimum Gasteiger partial charge on any atom is -0.550 e. The van der Waals surface area contributed by atoms with Gasteiger partial charge in [0.1, 0.15) is 0 Å². The molecule has 0 bridgehead atoms. The molecule has 0 aromatic rings. The van der Waals surface area contributed by atoms with Gasteiger partial charge in [-0.3, -0.25) is 0 Å². The Morgan fingerprint density at radius 3 is 0.655 bits per heavy atom. The van der Waals surface area contributed by atoms with Crippen LogP contribution in [0.3, 0.4) is 0 Å². The largest absolute Gasteiger partial charge is 4.00 e. The zero-order chi connectivity index (χ0) is 22.8. The first kappa shape index (κ1) is 36.9. The van der Waals surface area contributed by atoms with Crippen LogP contribution >= 0.6 is 0 Å². The smallest absolute Gasteiger partial charge is 0.550 e. The van der Waals surface area contributed by atoms with E-state index in [1.165, 1.54) is 0 Å². The van der Waals surface area contributed by atoms with E-state index in [1.807, 2.05) is 27.7 Å². The standard InChI is InChI=1S/4C4H8O3.C/c4*1-2-3-7-4(5)6;/h4*2-3H2,1H3,(H,5,6);/q;;;;+4/p-4. The molecule has 0 fully saturated rings. The molecule has 0 heterocycles. The van der Waals surface area contributed by atoms with Gasteiger partial charge in [0.15, 0.2) is 0 Å². The average Bonchev–Trinajstić information content (AvgIpc) is 2.62. The summed E-state index contributed by atoms with van der Waals surface area (Å²) < 4.78 is 16.0. The summed E-state index contributed by atoms with van der Waals surface area (Å²) in [5.41, 5.74) is 0. The van der Waals surface area contributed by atoms with Crippen LogP contribution in [0.1, 0.15) is 53.4 Å². The zero-order valence-electron chi connectivity index (χ0n) is 17.1. The molecule has 0 atom stereocenters. The van der Waals surface area contributed by atoms with Gasteiger partial charge in [-0.05, 0) is 25.7 Å². The maximum Gasteiger partial charge on any atom is 4.00 e. The monoisotopic (exact) mass is 424 g/mol. The van der Waals surface area contributed by atoms with Crippen LogP contribution in [-0.2, 0) is 18.9 Å². The molecular weight excluding hydrogens is 396 g/mol. The normalized spacial score (nSPS) is 7.86. The minimum atomic E-state index is -1.44. The molecule has 0 unspecified atom stereocenters. The molecule has 0 aliphatic carbocycles. The maximum absolute atomic E-state index is 9.42. The predicted molar refractivity (Wildman–Crippen MR) is 89.8 cm³/mol. The Labute approximate surface area is 171 Å². The summed E-state index contributed by atoms with van der Waals surface area (Å²) >= 11 is 0. The van der Waals surface area contributed by atoms with Crippen LogP contribution < -0.4 is 20.4 Å². The Kier molecular flexibility index (Phi) is 41.7. The summed E-state index contributed by atoms with van der Waals surface area (Å²) in [5, 5.41) is 37.7. The van der Waals surface area contributed by atoms with E-state index < -0.39 is 24.6 Å². The Morgan fingerprint density at radius 2 is 0.621 bits per heavy atom. The number of carbonyl (C=O) groups is 4. The molecule has 0 amide bonds. The van der Waals surface area contributed by atoms with Crippen molar-refractivity contribution in [3.05, 3.63) is 7.43 Å². The Hall–Kier alpha value is -2.92. The van der Waals surface area contributed by atoms with Crippen LogP contribution in [-0.4, -0.2) is 51.0 Å². The first-order valence-electron chi connectivity index (χ1n) is 8.43. The van der Waals surface area contributed by atoms with Crippen molar-refractivity contribution < 1.29 is 58.6 Å². The summed E-state index contributed by atoms with van der Waals surface area (Å²) in [6, 6.07) is 0. The molecule has 29 heavy (non-hydrogen) atoms. The van der Waals surface area contributed by atoms with E-state index in [4.69, 9.17) is 0 Å². The van der Waals surface area contributed by atoms with Crippen molar-refractivity contribution in [2.45, 2.75) is 53.4 Å². The molecule has 0 aliphatic rings. The maximum atomic E-state index is 9.42. The second-order valence-electron chi connectivity index (χ2n) is 4.39. The van der Waals surface area contributed by atoms with Gasteiger partial charge in [-0.2, -0.15) is 0 Å².